The van der Waals surface area contributed by atoms with Crippen molar-refractivity contribution in [1.82, 2.24) is 5.32 Å². The molecule has 0 atom stereocenters. The van der Waals surface area contributed by atoms with E-state index in [-0.39, 0.29) is 5.91 Å². The van der Waals surface area contributed by atoms with Gasteiger partial charge in [-0.3, -0.25) is 4.79 Å². The molecule has 0 aliphatic carbocycles. The predicted molar refractivity (Wildman–Crippen MR) is 63.2 cm³/mol. The highest BCUT2D eigenvalue weighted by Crippen LogP contribution is 1.97. The molecule has 0 saturated heterocycles. The Hall–Kier alpha value is -0.650. The number of amides is 1. The van der Waals surface area contributed by atoms with Crippen LogP contribution in [0.25, 0.3) is 0 Å². The van der Waals surface area contributed by atoms with Gasteiger partial charge < -0.3 is 20.5 Å². The van der Waals surface area contributed by atoms with E-state index >= 15 is 0 Å². The second-order valence-corrected chi connectivity index (χ2v) is 3.96. The average molecular weight is 232 g/mol. The van der Waals surface area contributed by atoms with Crippen molar-refractivity contribution < 1.29 is 14.3 Å². The first kappa shape index (κ1) is 15.3. The highest BCUT2D eigenvalue weighted by atomic mass is 16.5. The zero-order valence-corrected chi connectivity index (χ0v) is 10.3. The average Bonchev–Trinajstić information content (AvgIpc) is 2.21. The minimum atomic E-state index is 0.0815. The Morgan fingerprint density at radius 1 is 1.19 bits per heavy atom. The van der Waals surface area contributed by atoms with E-state index in [0.717, 1.165) is 0 Å². The lowest BCUT2D eigenvalue weighted by Gasteiger charge is -2.08. The van der Waals surface area contributed by atoms with Gasteiger partial charge in [0.25, 0.3) is 0 Å². The zero-order valence-electron chi connectivity index (χ0n) is 10.3. The SMILES string of the molecule is CC(C)CC(=O)NCCOCCOCCN. The van der Waals surface area contributed by atoms with Gasteiger partial charge in [-0.15, -0.1) is 0 Å². The summed E-state index contributed by atoms with van der Waals surface area (Å²) in [5.74, 6) is 0.476. The van der Waals surface area contributed by atoms with Crippen LogP contribution >= 0.6 is 0 Å². The first-order chi connectivity index (χ1) is 7.66. The van der Waals surface area contributed by atoms with Crippen LogP contribution in [0.2, 0.25) is 0 Å². The van der Waals surface area contributed by atoms with E-state index in [1.54, 1.807) is 0 Å². The fourth-order valence-corrected chi connectivity index (χ4v) is 1.11. The summed E-state index contributed by atoms with van der Waals surface area (Å²) >= 11 is 0. The Labute approximate surface area is 97.7 Å². The Balaban J connectivity index is 3.11. The Morgan fingerprint density at radius 2 is 1.81 bits per heavy atom. The second-order valence-electron chi connectivity index (χ2n) is 3.96. The second kappa shape index (κ2) is 10.9. The lowest BCUT2D eigenvalue weighted by atomic mass is 10.1. The van der Waals surface area contributed by atoms with Crippen molar-refractivity contribution >= 4 is 5.91 Å². The molecule has 5 heteroatoms. The third-order valence-corrected chi connectivity index (χ3v) is 1.80. The van der Waals surface area contributed by atoms with Crippen LogP contribution in [0.1, 0.15) is 20.3 Å². The minimum absolute atomic E-state index is 0.0815. The number of nitrogens with one attached hydrogen (secondary N) is 1. The van der Waals surface area contributed by atoms with Crippen molar-refractivity contribution in [2.45, 2.75) is 20.3 Å². The molecule has 0 spiro atoms. The van der Waals surface area contributed by atoms with Crippen LogP contribution in [0.5, 0.6) is 0 Å². The van der Waals surface area contributed by atoms with E-state index in [4.69, 9.17) is 15.2 Å². The van der Waals surface area contributed by atoms with E-state index in [1.165, 1.54) is 0 Å². The summed E-state index contributed by atoms with van der Waals surface area (Å²) in [6, 6.07) is 0. The number of ether oxygens (including phenoxy) is 2. The van der Waals surface area contributed by atoms with Crippen molar-refractivity contribution in [2.75, 3.05) is 39.5 Å². The van der Waals surface area contributed by atoms with Crippen LogP contribution in [0.3, 0.4) is 0 Å². The van der Waals surface area contributed by atoms with Crippen LogP contribution in [0, 0.1) is 5.92 Å². The van der Waals surface area contributed by atoms with E-state index in [0.29, 0.717) is 51.9 Å². The topological polar surface area (TPSA) is 73.6 Å². The van der Waals surface area contributed by atoms with Gasteiger partial charge in [0, 0.05) is 19.5 Å². The maximum Gasteiger partial charge on any atom is 0.220 e. The smallest absolute Gasteiger partial charge is 0.220 e. The Bertz CT molecular complexity index is 175. The molecule has 0 aliphatic rings. The third kappa shape index (κ3) is 11.4. The molecule has 0 heterocycles. The number of hydrogen-bond acceptors (Lipinski definition) is 4. The number of rotatable bonds is 10. The molecule has 16 heavy (non-hydrogen) atoms. The number of carbonyl (C=O) groups is 1. The summed E-state index contributed by atoms with van der Waals surface area (Å²) in [6.07, 6.45) is 0.569. The highest BCUT2D eigenvalue weighted by Gasteiger charge is 2.02. The predicted octanol–water partition coefficient (Wildman–Crippen LogP) is 0.141. The molecule has 0 aliphatic heterocycles. The standard InChI is InChI=1S/C11H24N2O3/c1-10(2)9-11(14)13-4-6-16-8-7-15-5-3-12/h10H,3-9,12H2,1-2H3,(H,13,14). The molecule has 0 aromatic rings. The summed E-state index contributed by atoms with van der Waals surface area (Å²) in [5.41, 5.74) is 5.25. The number of hydrogen-bond donors (Lipinski definition) is 2. The molecule has 0 saturated carbocycles. The van der Waals surface area contributed by atoms with Gasteiger partial charge in [-0.25, -0.2) is 0 Å². The molecule has 0 bridgehead atoms. The molecule has 96 valence electrons. The van der Waals surface area contributed by atoms with E-state index in [9.17, 15) is 4.79 Å². The minimum Gasteiger partial charge on any atom is -0.378 e. The Morgan fingerprint density at radius 3 is 2.38 bits per heavy atom. The molecule has 0 rings (SSSR count). The summed E-state index contributed by atoms with van der Waals surface area (Å²) in [5, 5.41) is 2.79. The van der Waals surface area contributed by atoms with Crippen molar-refractivity contribution in [3.63, 3.8) is 0 Å². The van der Waals surface area contributed by atoms with Crippen molar-refractivity contribution in [1.29, 1.82) is 0 Å². The third-order valence-electron chi connectivity index (χ3n) is 1.80. The maximum absolute atomic E-state index is 11.2. The molecule has 3 N–H and O–H groups in total. The van der Waals surface area contributed by atoms with E-state index in [1.807, 2.05) is 13.8 Å². The van der Waals surface area contributed by atoms with Crippen LogP contribution in [-0.2, 0) is 14.3 Å². The van der Waals surface area contributed by atoms with Gasteiger partial charge in [-0.1, -0.05) is 13.8 Å². The van der Waals surface area contributed by atoms with Gasteiger partial charge >= 0.3 is 0 Å². The normalized spacial score (nSPS) is 10.8. The van der Waals surface area contributed by atoms with Crippen molar-refractivity contribution in [3.05, 3.63) is 0 Å². The lowest BCUT2D eigenvalue weighted by molar-refractivity contribution is -0.122. The van der Waals surface area contributed by atoms with Crippen molar-refractivity contribution in [2.24, 2.45) is 11.7 Å². The van der Waals surface area contributed by atoms with Gasteiger partial charge in [0.1, 0.15) is 0 Å². The molecule has 0 radical (unpaired) electrons. The van der Waals surface area contributed by atoms with Gasteiger partial charge in [-0.05, 0) is 5.92 Å². The summed E-state index contributed by atoms with van der Waals surface area (Å²) in [4.78, 5) is 11.2. The van der Waals surface area contributed by atoms with Crippen LogP contribution in [0.4, 0.5) is 0 Å². The Kier molecular flexibility index (Phi) is 10.4. The lowest BCUT2D eigenvalue weighted by Crippen LogP contribution is -2.28. The molecule has 5 nitrogen and oxygen atoms in total. The summed E-state index contributed by atoms with van der Waals surface area (Å²) in [6.45, 7) is 7.31. The van der Waals surface area contributed by atoms with Gasteiger partial charge in [0.05, 0.1) is 26.4 Å². The fraction of sp³-hybridized carbons (Fsp3) is 0.909. The van der Waals surface area contributed by atoms with Crippen molar-refractivity contribution in [3.8, 4) is 0 Å². The fourth-order valence-electron chi connectivity index (χ4n) is 1.11. The molecule has 0 aromatic heterocycles. The number of carbonyl (C=O) groups excluding carboxylic acids is 1. The molecule has 0 aromatic carbocycles. The summed E-state index contributed by atoms with van der Waals surface area (Å²) in [7, 11) is 0. The molecular weight excluding hydrogens is 208 g/mol. The van der Waals surface area contributed by atoms with Gasteiger partial charge in [0.2, 0.25) is 5.91 Å². The molecule has 1 amide bonds. The monoisotopic (exact) mass is 232 g/mol. The largest absolute Gasteiger partial charge is 0.378 e. The first-order valence-corrected chi connectivity index (χ1v) is 5.79. The number of nitrogens with two attached hydrogens (primary N) is 1. The quantitative estimate of drug-likeness (QED) is 0.525. The zero-order chi connectivity index (χ0) is 12.2. The van der Waals surface area contributed by atoms with Gasteiger partial charge in [0.15, 0.2) is 0 Å². The van der Waals surface area contributed by atoms with Crippen LogP contribution < -0.4 is 11.1 Å². The van der Waals surface area contributed by atoms with E-state index in [2.05, 4.69) is 5.32 Å². The maximum atomic E-state index is 11.2. The van der Waals surface area contributed by atoms with Crippen LogP contribution in [-0.4, -0.2) is 45.4 Å². The summed E-state index contributed by atoms with van der Waals surface area (Å²) < 4.78 is 10.4. The molecular formula is C11H24N2O3. The van der Waals surface area contributed by atoms with E-state index < -0.39 is 0 Å². The molecule has 0 fully saturated rings. The molecule has 0 unspecified atom stereocenters. The van der Waals surface area contributed by atoms with Gasteiger partial charge in [-0.2, -0.15) is 0 Å². The highest BCUT2D eigenvalue weighted by molar-refractivity contribution is 5.75. The van der Waals surface area contributed by atoms with Crippen LogP contribution in [0.15, 0.2) is 0 Å². The first-order valence-electron chi connectivity index (χ1n) is 5.79.